The Morgan fingerprint density at radius 3 is 3.00 bits per heavy atom. The van der Waals surface area contributed by atoms with Crippen LogP contribution in [0, 0.1) is 11.1 Å². The van der Waals surface area contributed by atoms with Gasteiger partial charge >= 0.3 is 0 Å². The normalized spacial score (nSPS) is 21.0. The number of aromatic nitrogens is 1. The lowest BCUT2D eigenvalue weighted by atomic mass is 10.1. The number of nitrogens with zero attached hydrogens (tertiary/aromatic N) is 1. The zero-order valence-electron chi connectivity index (χ0n) is 6.88. The smallest absolute Gasteiger partial charge is 0.286 e. The molecule has 1 heterocycles. The Morgan fingerprint density at radius 1 is 1.50 bits per heavy atom. The van der Waals surface area contributed by atoms with Crippen LogP contribution in [0.4, 0.5) is 0 Å². The van der Waals surface area contributed by atoms with Crippen LogP contribution in [0.25, 0.3) is 0 Å². The molecule has 2 nitrogen and oxygen atoms in total. The molecule has 64 valence electrons. The van der Waals surface area contributed by atoms with Gasteiger partial charge in [-0.15, -0.1) is 0 Å². The highest BCUT2D eigenvalue weighted by Crippen LogP contribution is 2.24. The van der Waals surface area contributed by atoms with Gasteiger partial charge in [0.25, 0.3) is 5.15 Å². The third kappa shape index (κ3) is 1.07. The van der Waals surface area contributed by atoms with Gasteiger partial charge < -0.3 is 5.21 Å². The van der Waals surface area contributed by atoms with Crippen molar-refractivity contribution in [1.29, 1.82) is 0 Å². The molecule has 0 amide bonds. The molecule has 0 aliphatic heterocycles. The summed E-state index contributed by atoms with van der Waals surface area (Å²) in [5.74, 6) is 0.582. The van der Waals surface area contributed by atoms with E-state index in [-0.39, 0.29) is 5.15 Å². The summed E-state index contributed by atoms with van der Waals surface area (Å²) in [6.07, 6.45) is 1.87. The molecule has 1 aromatic rings. The maximum Gasteiger partial charge on any atom is 0.286 e. The van der Waals surface area contributed by atoms with Crippen molar-refractivity contribution in [3.05, 3.63) is 33.8 Å². The number of halogens is 1. The van der Waals surface area contributed by atoms with Crippen LogP contribution in [0.2, 0.25) is 5.15 Å². The first-order valence-corrected chi connectivity index (χ1v) is 4.46. The van der Waals surface area contributed by atoms with E-state index in [4.69, 9.17) is 11.6 Å². The van der Waals surface area contributed by atoms with Gasteiger partial charge in [-0.3, -0.25) is 0 Å². The zero-order chi connectivity index (χ0) is 8.72. The van der Waals surface area contributed by atoms with Gasteiger partial charge in [0.05, 0.1) is 0 Å². The third-order valence-corrected chi connectivity index (χ3v) is 2.62. The van der Waals surface area contributed by atoms with E-state index in [0.717, 1.165) is 28.8 Å². The largest absolute Gasteiger partial charge is 0.617 e. The van der Waals surface area contributed by atoms with E-state index in [1.165, 1.54) is 0 Å². The Hall–Kier alpha value is -0.760. The summed E-state index contributed by atoms with van der Waals surface area (Å²) >= 11 is 5.69. The van der Waals surface area contributed by atoms with Crippen LogP contribution in [-0.2, 0) is 12.8 Å². The molecule has 0 radical (unpaired) electrons. The maximum atomic E-state index is 11.4. The SMILES string of the molecule is CC1Cc2ccc(Cl)[n+]([O-])c2C1. The Bertz CT molecular complexity index is 325. The first kappa shape index (κ1) is 7.87. The molecule has 3 heteroatoms. The quantitative estimate of drug-likeness (QED) is 0.342. The van der Waals surface area contributed by atoms with Crippen LogP contribution in [0.5, 0.6) is 0 Å². The van der Waals surface area contributed by atoms with Crippen LogP contribution in [0.3, 0.4) is 0 Å². The monoisotopic (exact) mass is 183 g/mol. The molecule has 0 N–H and O–H groups in total. The summed E-state index contributed by atoms with van der Waals surface area (Å²) in [5.41, 5.74) is 2.01. The summed E-state index contributed by atoms with van der Waals surface area (Å²) in [5, 5.41) is 11.7. The van der Waals surface area contributed by atoms with Gasteiger partial charge in [-0.2, -0.15) is 4.73 Å². The molecule has 0 spiro atoms. The molecule has 1 aliphatic carbocycles. The minimum absolute atomic E-state index is 0.280. The zero-order valence-corrected chi connectivity index (χ0v) is 7.64. The second-order valence-corrected chi connectivity index (χ2v) is 3.82. The number of hydrogen-bond donors (Lipinski definition) is 0. The lowest BCUT2D eigenvalue weighted by Crippen LogP contribution is -2.33. The van der Waals surface area contributed by atoms with Crippen LogP contribution in [-0.4, -0.2) is 0 Å². The van der Waals surface area contributed by atoms with Crippen LogP contribution in [0.1, 0.15) is 18.2 Å². The van der Waals surface area contributed by atoms with Crippen molar-refractivity contribution < 1.29 is 4.73 Å². The Morgan fingerprint density at radius 2 is 2.25 bits per heavy atom. The fourth-order valence-corrected chi connectivity index (χ4v) is 1.94. The van der Waals surface area contributed by atoms with Crippen molar-refractivity contribution in [1.82, 2.24) is 0 Å². The van der Waals surface area contributed by atoms with Crippen LogP contribution in [0.15, 0.2) is 12.1 Å². The van der Waals surface area contributed by atoms with Gasteiger partial charge in [0.2, 0.25) is 0 Å². The fraction of sp³-hybridized carbons (Fsp3) is 0.444. The fourth-order valence-electron chi connectivity index (χ4n) is 1.77. The highest BCUT2D eigenvalue weighted by atomic mass is 35.5. The van der Waals surface area contributed by atoms with E-state index < -0.39 is 0 Å². The number of hydrogen-bond acceptors (Lipinski definition) is 1. The summed E-state index contributed by atoms with van der Waals surface area (Å²) in [6.45, 7) is 2.15. The van der Waals surface area contributed by atoms with Gasteiger partial charge in [-0.1, -0.05) is 6.92 Å². The van der Waals surface area contributed by atoms with Crippen molar-refractivity contribution in [2.75, 3.05) is 0 Å². The van der Waals surface area contributed by atoms with Gasteiger partial charge in [-0.05, 0) is 30.0 Å². The van der Waals surface area contributed by atoms with Gasteiger partial charge in [-0.25, -0.2) is 0 Å². The minimum Gasteiger partial charge on any atom is -0.617 e. The van der Waals surface area contributed by atoms with E-state index in [9.17, 15) is 5.21 Å². The van der Waals surface area contributed by atoms with Gasteiger partial charge in [0, 0.05) is 18.1 Å². The number of pyridine rings is 1. The molecule has 1 atom stereocenters. The van der Waals surface area contributed by atoms with Crippen molar-refractivity contribution >= 4 is 11.6 Å². The molecule has 12 heavy (non-hydrogen) atoms. The molecule has 1 unspecified atom stereocenters. The maximum absolute atomic E-state index is 11.4. The average molecular weight is 184 g/mol. The molecule has 0 bridgehead atoms. The topological polar surface area (TPSA) is 26.9 Å². The highest BCUT2D eigenvalue weighted by Gasteiger charge is 2.25. The lowest BCUT2D eigenvalue weighted by molar-refractivity contribution is -0.611. The Labute approximate surface area is 76.4 Å². The number of rotatable bonds is 0. The Kier molecular flexibility index (Phi) is 1.72. The standard InChI is InChI=1S/C9H10ClNO/c1-6-4-7-2-3-9(10)11(12)8(7)5-6/h2-3,6H,4-5H2,1H3. The van der Waals surface area contributed by atoms with Gasteiger partial charge in [0.15, 0.2) is 5.69 Å². The molecular formula is C9H10ClNO. The van der Waals surface area contributed by atoms with Crippen molar-refractivity contribution in [2.24, 2.45) is 5.92 Å². The van der Waals surface area contributed by atoms with E-state index in [1.54, 1.807) is 6.07 Å². The highest BCUT2D eigenvalue weighted by molar-refractivity contribution is 6.28. The van der Waals surface area contributed by atoms with E-state index in [0.29, 0.717) is 5.92 Å². The van der Waals surface area contributed by atoms with Crippen LogP contribution < -0.4 is 4.73 Å². The number of fused-ring (bicyclic) bond motifs is 1. The van der Waals surface area contributed by atoms with E-state index in [1.807, 2.05) is 6.07 Å². The summed E-state index contributed by atoms with van der Waals surface area (Å²) in [4.78, 5) is 0. The first-order chi connectivity index (χ1) is 5.68. The summed E-state index contributed by atoms with van der Waals surface area (Å²) in [6, 6.07) is 3.63. The predicted octanol–water partition coefficient (Wildman–Crippen LogP) is 1.71. The second kappa shape index (κ2) is 2.63. The summed E-state index contributed by atoms with van der Waals surface area (Å²) in [7, 11) is 0. The summed E-state index contributed by atoms with van der Waals surface area (Å²) < 4.78 is 0.848. The second-order valence-electron chi connectivity index (χ2n) is 3.44. The molecule has 1 aromatic heterocycles. The minimum atomic E-state index is 0.280. The third-order valence-electron chi connectivity index (χ3n) is 2.34. The lowest BCUT2D eigenvalue weighted by Gasteiger charge is -2.03. The molecule has 0 fully saturated rings. The molecule has 1 aliphatic rings. The van der Waals surface area contributed by atoms with Crippen molar-refractivity contribution in [2.45, 2.75) is 19.8 Å². The van der Waals surface area contributed by atoms with E-state index >= 15 is 0 Å². The Balaban J connectivity index is 2.54. The molecular weight excluding hydrogens is 174 g/mol. The first-order valence-electron chi connectivity index (χ1n) is 4.08. The average Bonchev–Trinajstić information content (AvgIpc) is 2.39. The van der Waals surface area contributed by atoms with Crippen LogP contribution >= 0.6 is 11.6 Å². The molecule has 2 rings (SSSR count). The molecule has 0 aromatic carbocycles. The predicted molar refractivity (Wildman–Crippen MR) is 47.0 cm³/mol. The van der Waals surface area contributed by atoms with Crippen molar-refractivity contribution in [3.63, 3.8) is 0 Å². The van der Waals surface area contributed by atoms with E-state index in [2.05, 4.69) is 6.92 Å². The van der Waals surface area contributed by atoms with Gasteiger partial charge in [0.1, 0.15) is 0 Å². The van der Waals surface area contributed by atoms with Crippen molar-refractivity contribution in [3.8, 4) is 0 Å². The molecule has 0 saturated heterocycles. The molecule has 0 saturated carbocycles.